The van der Waals surface area contributed by atoms with Gasteiger partial charge in [0.15, 0.2) is 0 Å². The van der Waals surface area contributed by atoms with E-state index in [1.54, 1.807) is 31.2 Å². The van der Waals surface area contributed by atoms with Gasteiger partial charge in [0.2, 0.25) is 10.0 Å². The van der Waals surface area contributed by atoms with Crippen LogP contribution >= 0.6 is 11.3 Å². The predicted molar refractivity (Wildman–Crippen MR) is 102 cm³/mol. The summed E-state index contributed by atoms with van der Waals surface area (Å²) in [5, 5.41) is 0. The molecule has 0 N–H and O–H groups in total. The number of piperazine rings is 1. The SMILES string of the molecule is Cc1ccc(S(=O)(=O)N2CCN(S(=O)(=O)c3ccc(C)s3)CC2)c(C)c1. The van der Waals surface area contributed by atoms with Crippen LogP contribution in [0, 0.1) is 20.8 Å². The smallest absolute Gasteiger partial charge is 0.207 e. The van der Waals surface area contributed by atoms with Crippen molar-refractivity contribution in [2.45, 2.75) is 29.9 Å². The van der Waals surface area contributed by atoms with Crippen LogP contribution < -0.4 is 0 Å². The molecule has 2 heterocycles. The van der Waals surface area contributed by atoms with E-state index in [0.717, 1.165) is 10.4 Å². The van der Waals surface area contributed by atoms with Crippen LogP contribution in [0.15, 0.2) is 39.4 Å². The van der Waals surface area contributed by atoms with Crippen molar-refractivity contribution in [2.75, 3.05) is 26.2 Å². The van der Waals surface area contributed by atoms with Gasteiger partial charge in [-0.2, -0.15) is 8.61 Å². The summed E-state index contributed by atoms with van der Waals surface area (Å²) in [6.07, 6.45) is 0. The zero-order chi connectivity index (χ0) is 19.1. The van der Waals surface area contributed by atoms with Crippen molar-refractivity contribution >= 4 is 31.4 Å². The van der Waals surface area contributed by atoms with Crippen LogP contribution in [0.3, 0.4) is 0 Å². The summed E-state index contributed by atoms with van der Waals surface area (Å²) in [5.41, 5.74) is 1.71. The standard InChI is InChI=1S/C17H22N2O4S3/c1-13-4-6-16(14(2)12-13)25(20,21)18-8-10-19(11-9-18)26(22,23)17-7-5-15(3)24-17/h4-7,12H,8-11H2,1-3H3. The quantitative estimate of drug-likeness (QED) is 0.770. The van der Waals surface area contributed by atoms with Crippen molar-refractivity contribution in [1.82, 2.24) is 8.61 Å². The number of thiophene rings is 1. The van der Waals surface area contributed by atoms with E-state index >= 15 is 0 Å². The molecule has 6 nitrogen and oxygen atoms in total. The summed E-state index contributed by atoms with van der Waals surface area (Å²) < 4.78 is 54.2. The van der Waals surface area contributed by atoms with E-state index in [1.165, 1.54) is 19.9 Å². The molecule has 1 aliphatic heterocycles. The van der Waals surface area contributed by atoms with Crippen molar-refractivity contribution in [3.05, 3.63) is 46.3 Å². The average Bonchev–Trinajstić information content (AvgIpc) is 3.02. The highest BCUT2D eigenvalue weighted by Gasteiger charge is 2.34. The molecule has 0 saturated carbocycles. The fraction of sp³-hybridized carbons (Fsp3) is 0.412. The van der Waals surface area contributed by atoms with Crippen molar-refractivity contribution in [3.63, 3.8) is 0 Å². The number of aryl methyl sites for hydroxylation is 3. The predicted octanol–water partition coefficient (Wildman–Crippen LogP) is 2.37. The second-order valence-corrected chi connectivity index (χ2v) is 11.8. The van der Waals surface area contributed by atoms with Crippen molar-refractivity contribution in [1.29, 1.82) is 0 Å². The number of sulfonamides is 2. The van der Waals surface area contributed by atoms with Gasteiger partial charge in [0.25, 0.3) is 10.0 Å². The number of hydrogen-bond acceptors (Lipinski definition) is 5. The molecule has 0 spiro atoms. The lowest BCUT2D eigenvalue weighted by Crippen LogP contribution is -2.50. The molecule has 2 aromatic rings. The molecule has 0 bridgehead atoms. The Labute approximate surface area is 159 Å². The third-order valence-corrected chi connectivity index (χ3v) is 9.88. The van der Waals surface area contributed by atoms with Gasteiger partial charge < -0.3 is 0 Å². The van der Waals surface area contributed by atoms with E-state index in [9.17, 15) is 16.8 Å². The van der Waals surface area contributed by atoms with Crippen LogP contribution in [-0.4, -0.2) is 51.6 Å². The largest absolute Gasteiger partial charge is 0.252 e. The second-order valence-electron chi connectivity index (χ2n) is 6.44. The van der Waals surface area contributed by atoms with Crippen LogP contribution in [0.5, 0.6) is 0 Å². The first-order valence-corrected chi connectivity index (χ1v) is 12.0. The third kappa shape index (κ3) is 3.59. The lowest BCUT2D eigenvalue weighted by Gasteiger charge is -2.33. The molecule has 142 valence electrons. The number of rotatable bonds is 4. The topological polar surface area (TPSA) is 74.8 Å². The van der Waals surface area contributed by atoms with Gasteiger partial charge in [-0.05, 0) is 44.5 Å². The molecular formula is C17H22N2O4S3. The zero-order valence-corrected chi connectivity index (χ0v) is 17.4. The van der Waals surface area contributed by atoms with E-state index < -0.39 is 20.0 Å². The Bertz CT molecular complexity index is 1020. The number of hydrogen-bond donors (Lipinski definition) is 0. The molecule has 1 aromatic carbocycles. The molecule has 1 saturated heterocycles. The number of nitrogens with zero attached hydrogens (tertiary/aromatic N) is 2. The lowest BCUT2D eigenvalue weighted by molar-refractivity contribution is 0.273. The van der Waals surface area contributed by atoms with Crippen molar-refractivity contribution in [2.24, 2.45) is 0 Å². The van der Waals surface area contributed by atoms with Crippen molar-refractivity contribution < 1.29 is 16.8 Å². The van der Waals surface area contributed by atoms with Crippen LogP contribution in [0.2, 0.25) is 0 Å². The molecule has 9 heteroatoms. The average molecular weight is 415 g/mol. The Morgan fingerprint density at radius 1 is 0.808 bits per heavy atom. The van der Waals surface area contributed by atoms with Gasteiger partial charge in [0.1, 0.15) is 4.21 Å². The molecule has 1 fully saturated rings. The van der Waals surface area contributed by atoms with Gasteiger partial charge in [-0.1, -0.05) is 17.7 Å². The molecule has 3 rings (SSSR count). The summed E-state index contributed by atoms with van der Waals surface area (Å²) in [7, 11) is -7.18. The first kappa shape index (κ1) is 19.5. The summed E-state index contributed by atoms with van der Waals surface area (Å²) in [6.45, 7) is 6.17. The van der Waals surface area contributed by atoms with Gasteiger partial charge in [-0.15, -0.1) is 11.3 Å². The van der Waals surface area contributed by atoms with E-state index in [0.29, 0.717) is 9.77 Å². The third-order valence-electron chi connectivity index (χ3n) is 4.46. The molecule has 26 heavy (non-hydrogen) atoms. The summed E-state index contributed by atoms with van der Waals surface area (Å²) in [4.78, 5) is 1.22. The van der Waals surface area contributed by atoms with Gasteiger partial charge in [0.05, 0.1) is 4.90 Å². The molecule has 0 atom stereocenters. The molecule has 0 unspecified atom stereocenters. The molecule has 0 amide bonds. The molecule has 1 aliphatic rings. The molecular weight excluding hydrogens is 392 g/mol. The van der Waals surface area contributed by atoms with Crippen LogP contribution in [0.4, 0.5) is 0 Å². The Morgan fingerprint density at radius 3 is 1.88 bits per heavy atom. The minimum atomic E-state index is -3.62. The van der Waals surface area contributed by atoms with Crippen LogP contribution in [0.1, 0.15) is 16.0 Å². The zero-order valence-electron chi connectivity index (χ0n) is 15.0. The first-order valence-electron chi connectivity index (χ1n) is 8.26. The normalized spacial score (nSPS) is 17.5. The Balaban J connectivity index is 1.78. The summed E-state index contributed by atoms with van der Waals surface area (Å²) in [5.74, 6) is 0. The van der Waals surface area contributed by atoms with Crippen LogP contribution in [-0.2, 0) is 20.0 Å². The van der Waals surface area contributed by atoms with E-state index in [4.69, 9.17) is 0 Å². The maximum absolute atomic E-state index is 12.9. The maximum atomic E-state index is 12.9. The van der Waals surface area contributed by atoms with Crippen LogP contribution in [0.25, 0.3) is 0 Å². The monoisotopic (exact) mass is 414 g/mol. The Kier molecular flexibility index (Phi) is 5.28. The van der Waals surface area contributed by atoms with E-state index in [-0.39, 0.29) is 31.1 Å². The maximum Gasteiger partial charge on any atom is 0.252 e. The summed E-state index contributed by atoms with van der Waals surface area (Å²) >= 11 is 1.23. The van der Waals surface area contributed by atoms with E-state index in [2.05, 4.69) is 0 Å². The number of benzene rings is 1. The highest BCUT2D eigenvalue weighted by Crippen LogP contribution is 2.27. The highest BCUT2D eigenvalue weighted by atomic mass is 32.2. The van der Waals surface area contributed by atoms with Gasteiger partial charge in [0, 0.05) is 31.1 Å². The molecule has 1 aromatic heterocycles. The minimum Gasteiger partial charge on any atom is -0.207 e. The lowest BCUT2D eigenvalue weighted by atomic mass is 10.2. The molecule has 0 aliphatic carbocycles. The minimum absolute atomic E-state index is 0.152. The Hall–Kier alpha value is -1.26. The first-order chi connectivity index (χ1) is 12.1. The van der Waals surface area contributed by atoms with Crippen molar-refractivity contribution in [3.8, 4) is 0 Å². The second kappa shape index (κ2) is 7.05. The van der Waals surface area contributed by atoms with E-state index in [1.807, 2.05) is 19.9 Å². The van der Waals surface area contributed by atoms with Gasteiger partial charge in [-0.3, -0.25) is 0 Å². The summed E-state index contributed by atoms with van der Waals surface area (Å²) in [6, 6.07) is 8.62. The highest BCUT2D eigenvalue weighted by molar-refractivity contribution is 7.91. The Morgan fingerprint density at radius 2 is 1.38 bits per heavy atom. The van der Waals surface area contributed by atoms with Gasteiger partial charge >= 0.3 is 0 Å². The van der Waals surface area contributed by atoms with Gasteiger partial charge in [-0.25, -0.2) is 16.8 Å². The fourth-order valence-corrected chi connectivity index (χ4v) is 7.54. The fourth-order valence-electron chi connectivity index (χ4n) is 3.06. The molecule has 0 radical (unpaired) electrons.